The molecule has 0 saturated carbocycles. The van der Waals surface area contributed by atoms with E-state index in [1.807, 2.05) is 25.1 Å². The van der Waals surface area contributed by atoms with Gasteiger partial charge in [-0.15, -0.1) is 0 Å². The van der Waals surface area contributed by atoms with Gasteiger partial charge >= 0.3 is 0 Å². The van der Waals surface area contributed by atoms with Crippen molar-refractivity contribution in [1.82, 2.24) is 5.43 Å². The van der Waals surface area contributed by atoms with E-state index in [1.54, 1.807) is 18.3 Å². The average Bonchev–Trinajstić information content (AvgIpc) is 3.05. The van der Waals surface area contributed by atoms with Crippen LogP contribution < -0.4 is 20.2 Å². The van der Waals surface area contributed by atoms with Crippen LogP contribution in [0.3, 0.4) is 0 Å². The number of ether oxygens (including phenoxy) is 2. The number of halogens is 2. The van der Waals surface area contributed by atoms with Crippen LogP contribution in [-0.4, -0.2) is 25.5 Å². The van der Waals surface area contributed by atoms with E-state index in [4.69, 9.17) is 9.47 Å². The third kappa shape index (κ3) is 4.52. The SMILES string of the molecule is Cc1c(Br)cc(/C=N\NC(=O)CNc2ccc3c(c2)OCO3)cc1Br. The average molecular weight is 469 g/mol. The molecule has 8 heteroatoms. The highest BCUT2D eigenvalue weighted by Gasteiger charge is 2.13. The minimum Gasteiger partial charge on any atom is -0.454 e. The van der Waals surface area contributed by atoms with Gasteiger partial charge in [-0.3, -0.25) is 4.79 Å². The molecule has 3 rings (SSSR count). The molecule has 0 atom stereocenters. The van der Waals surface area contributed by atoms with Crippen LogP contribution in [0.4, 0.5) is 5.69 Å². The highest BCUT2D eigenvalue weighted by Crippen LogP contribution is 2.34. The number of hydrogen-bond acceptors (Lipinski definition) is 5. The van der Waals surface area contributed by atoms with Gasteiger partial charge in [0.2, 0.25) is 6.79 Å². The first-order valence-electron chi connectivity index (χ1n) is 7.44. The van der Waals surface area contributed by atoms with Gasteiger partial charge in [-0.05, 0) is 42.3 Å². The number of hydrogen-bond donors (Lipinski definition) is 2. The monoisotopic (exact) mass is 467 g/mol. The number of nitrogens with one attached hydrogen (secondary N) is 2. The number of anilines is 1. The second kappa shape index (κ2) is 7.88. The van der Waals surface area contributed by atoms with E-state index in [-0.39, 0.29) is 19.2 Å². The lowest BCUT2D eigenvalue weighted by molar-refractivity contribution is -0.119. The van der Waals surface area contributed by atoms with Crippen molar-refractivity contribution in [2.24, 2.45) is 5.10 Å². The van der Waals surface area contributed by atoms with E-state index in [9.17, 15) is 4.79 Å². The molecule has 1 heterocycles. The number of carbonyl (C=O) groups is 1. The van der Waals surface area contributed by atoms with E-state index >= 15 is 0 Å². The molecule has 0 aromatic heterocycles. The molecule has 1 aliphatic rings. The van der Waals surface area contributed by atoms with Crippen molar-refractivity contribution in [2.45, 2.75) is 6.92 Å². The molecule has 0 saturated heterocycles. The summed E-state index contributed by atoms with van der Waals surface area (Å²) in [6.45, 7) is 2.32. The number of hydrazone groups is 1. The van der Waals surface area contributed by atoms with Gasteiger partial charge < -0.3 is 14.8 Å². The van der Waals surface area contributed by atoms with Crippen molar-refractivity contribution in [3.8, 4) is 11.5 Å². The molecular weight excluding hydrogens is 454 g/mol. The van der Waals surface area contributed by atoms with Gasteiger partial charge in [-0.2, -0.15) is 5.10 Å². The van der Waals surface area contributed by atoms with E-state index in [2.05, 4.69) is 47.7 Å². The molecule has 2 aromatic carbocycles. The third-order valence-corrected chi connectivity index (χ3v) is 5.18. The zero-order valence-electron chi connectivity index (χ0n) is 13.3. The Balaban J connectivity index is 1.51. The first kappa shape index (κ1) is 17.8. The van der Waals surface area contributed by atoms with Crippen LogP contribution in [0.1, 0.15) is 11.1 Å². The number of carbonyl (C=O) groups excluding carboxylic acids is 1. The van der Waals surface area contributed by atoms with Crippen LogP contribution in [-0.2, 0) is 4.79 Å². The first-order chi connectivity index (χ1) is 12.0. The van der Waals surface area contributed by atoms with Gasteiger partial charge in [-0.1, -0.05) is 31.9 Å². The maximum Gasteiger partial charge on any atom is 0.259 e. The maximum absolute atomic E-state index is 11.9. The van der Waals surface area contributed by atoms with Gasteiger partial charge in [0.15, 0.2) is 11.5 Å². The Bertz CT molecular complexity index is 817. The molecule has 0 radical (unpaired) electrons. The molecule has 0 bridgehead atoms. The molecule has 2 aromatic rings. The zero-order chi connectivity index (χ0) is 17.8. The second-order valence-corrected chi connectivity index (χ2v) is 7.03. The van der Waals surface area contributed by atoms with Crippen LogP contribution in [0.15, 0.2) is 44.4 Å². The summed E-state index contributed by atoms with van der Waals surface area (Å²) < 4.78 is 12.5. The maximum atomic E-state index is 11.9. The Hall–Kier alpha value is -2.06. The van der Waals surface area contributed by atoms with E-state index in [1.165, 1.54) is 0 Å². The number of benzene rings is 2. The summed E-state index contributed by atoms with van der Waals surface area (Å²) in [6, 6.07) is 9.28. The van der Waals surface area contributed by atoms with Crippen LogP contribution in [0.5, 0.6) is 11.5 Å². The fraction of sp³-hybridized carbons (Fsp3) is 0.176. The number of fused-ring (bicyclic) bond motifs is 1. The van der Waals surface area contributed by atoms with Crippen LogP contribution in [0.2, 0.25) is 0 Å². The van der Waals surface area contributed by atoms with Crippen molar-refractivity contribution in [3.63, 3.8) is 0 Å². The van der Waals surface area contributed by atoms with Gasteiger partial charge in [0, 0.05) is 20.7 Å². The molecule has 1 aliphatic heterocycles. The van der Waals surface area contributed by atoms with Crippen LogP contribution in [0, 0.1) is 6.92 Å². The Morgan fingerprint density at radius 1 is 1.20 bits per heavy atom. The normalized spacial score (nSPS) is 12.4. The van der Waals surface area contributed by atoms with Crippen molar-refractivity contribution < 1.29 is 14.3 Å². The lowest BCUT2D eigenvalue weighted by Gasteiger charge is -2.06. The van der Waals surface area contributed by atoms with E-state index in [0.717, 1.165) is 25.8 Å². The molecule has 25 heavy (non-hydrogen) atoms. The Labute approximate surface area is 161 Å². The lowest BCUT2D eigenvalue weighted by Crippen LogP contribution is -2.25. The largest absolute Gasteiger partial charge is 0.454 e. The molecule has 0 unspecified atom stereocenters. The topological polar surface area (TPSA) is 72.0 Å². The molecule has 0 aliphatic carbocycles. The van der Waals surface area contributed by atoms with Crippen LogP contribution in [0.25, 0.3) is 0 Å². The molecule has 130 valence electrons. The first-order valence-corrected chi connectivity index (χ1v) is 9.02. The van der Waals surface area contributed by atoms with Crippen molar-refractivity contribution in [2.75, 3.05) is 18.7 Å². The zero-order valence-corrected chi connectivity index (χ0v) is 16.5. The smallest absolute Gasteiger partial charge is 0.259 e. The molecule has 1 amide bonds. The minimum absolute atomic E-state index is 0.0955. The Morgan fingerprint density at radius 2 is 1.92 bits per heavy atom. The predicted molar refractivity (Wildman–Crippen MR) is 103 cm³/mol. The number of rotatable bonds is 5. The van der Waals surface area contributed by atoms with E-state index in [0.29, 0.717) is 11.5 Å². The lowest BCUT2D eigenvalue weighted by atomic mass is 10.2. The molecule has 6 nitrogen and oxygen atoms in total. The number of nitrogens with zero attached hydrogens (tertiary/aromatic N) is 1. The summed E-state index contributed by atoms with van der Waals surface area (Å²) in [6.07, 6.45) is 1.59. The summed E-state index contributed by atoms with van der Waals surface area (Å²) in [5, 5.41) is 6.98. The third-order valence-electron chi connectivity index (χ3n) is 3.53. The van der Waals surface area contributed by atoms with Crippen molar-refractivity contribution in [3.05, 3.63) is 50.4 Å². The van der Waals surface area contributed by atoms with E-state index < -0.39 is 0 Å². The highest BCUT2D eigenvalue weighted by atomic mass is 79.9. The number of amides is 1. The van der Waals surface area contributed by atoms with Gasteiger partial charge in [0.05, 0.1) is 12.8 Å². The van der Waals surface area contributed by atoms with Crippen molar-refractivity contribution in [1.29, 1.82) is 0 Å². The Morgan fingerprint density at radius 3 is 2.68 bits per heavy atom. The fourth-order valence-electron chi connectivity index (χ4n) is 2.15. The van der Waals surface area contributed by atoms with Gasteiger partial charge in [0.1, 0.15) is 0 Å². The molecule has 2 N–H and O–H groups in total. The quantitative estimate of drug-likeness (QED) is 0.517. The summed E-state index contributed by atoms with van der Waals surface area (Å²) in [7, 11) is 0. The highest BCUT2D eigenvalue weighted by molar-refractivity contribution is 9.11. The Kier molecular flexibility index (Phi) is 5.60. The molecule has 0 spiro atoms. The standard InChI is InChI=1S/C17H15Br2N3O3/c1-10-13(18)4-11(5-14(10)19)7-21-22-17(23)8-20-12-2-3-15-16(6-12)25-9-24-15/h2-7,20H,8-9H2,1H3,(H,22,23)/b21-7-. The fourth-order valence-corrected chi connectivity index (χ4v) is 3.37. The van der Waals surface area contributed by atoms with Crippen molar-refractivity contribution >= 4 is 49.7 Å². The predicted octanol–water partition coefficient (Wildman–Crippen LogP) is 3.81. The van der Waals surface area contributed by atoms with Crippen LogP contribution >= 0.6 is 31.9 Å². The second-order valence-electron chi connectivity index (χ2n) is 5.32. The van der Waals surface area contributed by atoms with Gasteiger partial charge in [0.25, 0.3) is 5.91 Å². The summed E-state index contributed by atoms with van der Waals surface area (Å²) in [4.78, 5) is 11.9. The summed E-state index contributed by atoms with van der Waals surface area (Å²) >= 11 is 6.96. The molecular formula is C17H15Br2N3O3. The summed E-state index contributed by atoms with van der Waals surface area (Å²) in [5.74, 6) is 1.12. The molecule has 0 fully saturated rings. The van der Waals surface area contributed by atoms with Gasteiger partial charge in [-0.25, -0.2) is 5.43 Å². The minimum atomic E-state index is -0.251. The summed E-state index contributed by atoms with van der Waals surface area (Å²) in [5.41, 5.74) is 5.24.